The second kappa shape index (κ2) is 3.50. The van der Waals surface area contributed by atoms with E-state index in [4.69, 9.17) is 0 Å². The Hall–Kier alpha value is -1.49. The minimum Gasteiger partial charge on any atom is -0.373 e. The van der Waals surface area contributed by atoms with Gasteiger partial charge in [0.15, 0.2) is 11.6 Å². The number of carbonyl (C=O) groups is 1. The minimum atomic E-state index is -0.951. The van der Waals surface area contributed by atoms with Crippen molar-refractivity contribution in [3.05, 3.63) is 35.4 Å². The summed E-state index contributed by atoms with van der Waals surface area (Å²) in [5.74, 6) is -2.17. The number of piperidine rings is 1. The Morgan fingerprint density at radius 2 is 2.18 bits per heavy atom. The highest BCUT2D eigenvalue weighted by Crippen LogP contribution is 2.49. The van der Waals surface area contributed by atoms with E-state index >= 15 is 0 Å². The molecule has 2 aliphatic rings. The molecule has 2 fully saturated rings. The molecular weight excluding hydrogens is 228 g/mol. The number of aliphatic hydroxyl groups excluding tert-OH is 1. The van der Waals surface area contributed by atoms with Crippen LogP contribution in [-0.2, 0) is 11.3 Å². The lowest BCUT2D eigenvalue weighted by atomic mass is 10.2. The van der Waals surface area contributed by atoms with E-state index in [0.717, 1.165) is 6.07 Å². The van der Waals surface area contributed by atoms with E-state index in [9.17, 15) is 18.7 Å². The Labute approximate surface area is 96.7 Å². The van der Waals surface area contributed by atoms with E-state index in [1.807, 2.05) is 0 Å². The van der Waals surface area contributed by atoms with Gasteiger partial charge in [0.2, 0.25) is 5.91 Å². The van der Waals surface area contributed by atoms with Gasteiger partial charge in [0.1, 0.15) is 6.23 Å². The molecule has 0 radical (unpaired) electrons. The van der Waals surface area contributed by atoms with Gasteiger partial charge in [-0.05, 0) is 12.5 Å². The van der Waals surface area contributed by atoms with Crippen LogP contribution < -0.4 is 0 Å². The van der Waals surface area contributed by atoms with Crippen LogP contribution in [0.3, 0.4) is 0 Å². The lowest BCUT2D eigenvalue weighted by molar-refractivity contribution is -0.137. The lowest BCUT2D eigenvalue weighted by Gasteiger charge is -2.23. The molecule has 3 rings (SSSR count). The zero-order valence-corrected chi connectivity index (χ0v) is 8.94. The number of nitrogens with zero attached hydrogens (tertiary/aromatic N) is 1. The Balaban J connectivity index is 1.83. The highest BCUT2D eigenvalue weighted by Gasteiger charge is 2.58. The van der Waals surface area contributed by atoms with Crippen LogP contribution in [0.25, 0.3) is 0 Å². The van der Waals surface area contributed by atoms with Crippen LogP contribution in [0, 0.1) is 23.5 Å². The summed E-state index contributed by atoms with van der Waals surface area (Å²) in [5.41, 5.74) is 0.0960. The van der Waals surface area contributed by atoms with Crippen molar-refractivity contribution in [3.8, 4) is 0 Å². The molecule has 0 aromatic heterocycles. The van der Waals surface area contributed by atoms with Gasteiger partial charge in [-0.25, -0.2) is 8.78 Å². The second-order valence-electron chi connectivity index (χ2n) is 4.60. The number of halogens is 2. The molecule has 1 heterocycles. The average Bonchev–Trinajstić information content (AvgIpc) is 3.05. The van der Waals surface area contributed by atoms with Gasteiger partial charge in [0.05, 0.1) is 6.54 Å². The number of benzene rings is 1. The van der Waals surface area contributed by atoms with E-state index in [1.54, 1.807) is 0 Å². The quantitative estimate of drug-likeness (QED) is 0.844. The summed E-state index contributed by atoms with van der Waals surface area (Å²) in [5, 5.41) is 9.78. The number of rotatable bonds is 2. The molecule has 1 aliphatic heterocycles. The summed E-state index contributed by atoms with van der Waals surface area (Å²) in [7, 11) is 0. The number of hydrogen-bond donors (Lipinski definition) is 1. The molecule has 3 nitrogen and oxygen atoms in total. The van der Waals surface area contributed by atoms with E-state index in [1.165, 1.54) is 17.0 Å². The van der Waals surface area contributed by atoms with Gasteiger partial charge in [-0.1, -0.05) is 12.1 Å². The van der Waals surface area contributed by atoms with Crippen LogP contribution in [0.1, 0.15) is 12.0 Å². The standard InChI is InChI=1S/C12H11F2NO2/c13-9-3-1-2-6(10(9)14)5-15-11(16)7-4-8(7)12(15)17/h1-3,7-8,11,16H,4-5H2. The molecule has 3 unspecified atom stereocenters. The van der Waals surface area contributed by atoms with Crippen LogP contribution in [0.2, 0.25) is 0 Å². The first-order valence-corrected chi connectivity index (χ1v) is 5.51. The van der Waals surface area contributed by atoms with E-state index < -0.39 is 17.9 Å². The summed E-state index contributed by atoms with van der Waals surface area (Å²) in [6.45, 7) is -0.0728. The van der Waals surface area contributed by atoms with Crippen LogP contribution in [0.15, 0.2) is 18.2 Å². The molecule has 1 aromatic carbocycles. The zero-order chi connectivity index (χ0) is 12.2. The summed E-state index contributed by atoms with van der Waals surface area (Å²) in [4.78, 5) is 12.9. The molecule has 1 saturated heterocycles. The summed E-state index contributed by atoms with van der Waals surface area (Å²) >= 11 is 0. The third kappa shape index (κ3) is 1.53. The van der Waals surface area contributed by atoms with Crippen molar-refractivity contribution in [2.24, 2.45) is 11.8 Å². The van der Waals surface area contributed by atoms with Gasteiger partial charge in [0.25, 0.3) is 0 Å². The minimum absolute atomic E-state index is 0.0147. The topological polar surface area (TPSA) is 40.5 Å². The third-order valence-corrected chi connectivity index (χ3v) is 3.51. The van der Waals surface area contributed by atoms with Crippen LogP contribution in [0.4, 0.5) is 8.78 Å². The van der Waals surface area contributed by atoms with Gasteiger partial charge in [0, 0.05) is 17.4 Å². The van der Waals surface area contributed by atoms with E-state index in [-0.39, 0.29) is 29.9 Å². The molecular formula is C12H11F2NO2. The predicted molar refractivity (Wildman–Crippen MR) is 54.5 cm³/mol. The predicted octanol–water partition coefficient (Wildman–Crippen LogP) is 1.26. The van der Waals surface area contributed by atoms with Crippen molar-refractivity contribution in [1.29, 1.82) is 0 Å². The molecule has 3 atom stereocenters. The van der Waals surface area contributed by atoms with E-state index in [0.29, 0.717) is 6.42 Å². The zero-order valence-electron chi connectivity index (χ0n) is 8.94. The van der Waals surface area contributed by atoms with Crippen molar-refractivity contribution in [2.45, 2.75) is 19.2 Å². The molecule has 5 heteroatoms. The average molecular weight is 239 g/mol. The summed E-state index contributed by atoms with van der Waals surface area (Å²) < 4.78 is 26.4. The number of carbonyl (C=O) groups excluding carboxylic acids is 1. The number of likely N-dealkylation sites (tertiary alicyclic amines) is 1. The Morgan fingerprint density at radius 3 is 2.82 bits per heavy atom. The van der Waals surface area contributed by atoms with Crippen molar-refractivity contribution in [3.63, 3.8) is 0 Å². The Kier molecular flexibility index (Phi) is 2.19. The molecule has 1 aromatic rings. The first-order valence-electron chi connectivity index (χ1n) is 5.51. The summed E-state index contributed by atoms with van der Waals surface area (Å²) in [6.07, 6.45) is -0.141. The molecule has 1 aliphatic carbocycles. The molecule has 1 N–H and O–H groups in total. The first-order chi connectivity index (χ1) is 8.09. The van der Waals surface area contributed by atoms with Crippen LogP contribution in [0.5, 0.6) is 0 Å². The fourth-order valence-corrected chi connectivity index (χ4v) is 2.43. The Bertz CT molecular complexity index is 491. The maximum Gasteiger partial charge on any atom is 0.228 e. The number of fused-ring (bicyclic) bond motifs is 1. The molecule has 0 bridgehead atoms. The number of amides is 1. The largest absolute Gasteiger partial charge is 0.373 e. The maximum absolute atomic E-state index is 13.4. The number of hydrogen-bond acceptors (Lipinski definition) is 2. The SMILES string of the molecule is O=C1C2CC2C(O)N1Cc1cccc(F)c1F. The van der Waals surface area contributed by atoms with Gasteiger partial charge in [-0.15, -0.1) is 0 Å². The molecule has 1 amide bonds. The van der Waals surface area contributed by atoms with Crippen molar-refractivity contribution in [1.82, 2.24) is 4.90 Å². The van der Waals surface area contributed by atoms with Gasteiger partial charge >= 0.3 is 0 Å². The first kappa shape index (κ1) is 10.7. The van der Waals surface area contributed by atoms with Crippen LogP contribution in [-0.4, -0.2) is 22.1 Å². The van der Waals surface area contributed by atoms with Crippen molar-refractivity contribution < 1.29 is 18.7 Å². The van der Waals surface area contributed by atoms with Crippen LogP contribution >= 0.6 is 0 Å². The highest BCUT2D eigenvalue weighted by molar-refractivity contribution is 5.84. The van der Waals surface area contributed by atoms with Gasteiger partial charge in [-0.3, -0.25) is 4.79 Å². The third-order valence-electron chi connectivity index (χ3n) is 3.51. The number of aliphatic hydroxyl groups is 1. The van der Waals surface area contributed by atoms with E-state index in [2.05, 4.69) is 0 Å². The monoisotopic (exact) mass is 239 g/mol. The lowest BCUT2D eigenvalue weighted by Crippen LogP contribution is -2.36. The molecule has 90 valence electrons. The summed E-state index contributed by atoms with van der Waals surface area (Å²) in [6, 6.07) is 3.84. The molecule has 0 spiro atoms. The van der Waals surface area contributed by atoms with Gasteiger partial charge in [-0.2, -0.15) is 0 Å². The molecule has 17 heavy (non-hydrogen) atoms. The Morgan fingerprint density at radius 1 is 1.41 bits per heavy atom. The van der Waals surface area contributed by atoms with Gasteiger partial charge < -0.3 is 10.0 Å². The fraction of sp³-hybridized carbons (Fsp3) is 0.417. The van der Waals surface area contributed by atoms with Crippen molar-refractivity contribution in [2.75, 3.05) is 0 Å². The maximum atomic E-state index is 13.4. The smallest absolute Gasteiger partial charge is 0.228 e. The fourth-order valence-electron chi connectivity index (χ4n) is 2.43. The normalized spacial score (nSPS) is 30.6. The van der Waals surface area contributed by atoms with Crippen molar-refractivity contribution >= 4 is 5.91 Å². The highest BCUT2D eigenvalue weighted by atomic mass is 19.2. The molecule has 1 saturated carbocycles. The second-order valence-corrected chi connectivity index (χ2v) is 4.60.